The molecule has 0 heterocycles. The lowest BCUT2D eigenvalue weighted by molar-refractivity contribution is -0.274. The Morgan fingerprint density at radius 2 is 1.59 bits per heavy atom. The summed E-state index contributed by atoms with van der Waals surface area (Å²) < 4.78 is 47.4. The molecule has 0 unspecified atom stereocenters. The van der Waals surface area contributed by atoms with Gasteiger partial charge in [0.05, 0.1) is 12.5 Å². The van der Waals surface area contributed by atoms with Crippen molar-refractivity contribution in [3.05, 3.63) is 59.7 Å². The lowest BCUT2D eigenvalue weighted by Gasteiger charge is -2.37. The quantitative estimate of drug-likeness (QED) is 0.304. The van der Waals surface area contributed by atoms with Crippen LogP contribution in [0.3, 0.4) is 0 Å². The second-order valence-corrected chi connectivity index (χ2v) is 10.4. The van der Waals surface area contributed by atoms with E-state index in [0.717, 1.165) is 50.0 Å². The largest absolute Gasteiger partial charge is 0.573 e. The fraction of sp³-hybridized carbons (Fsp3) is 0.483. The molecule has 12 heteroatoms. The Hall–Kier alpha value is -3.80. The number of amides is 3. The predicted octanol–water partition coefficient (Wildman–Crippen LogP) is 5.56. The number of anilines is 1. The van der Waals surface area contributed by atoms with Crippen LogP contribution < -0.4 is 15.4 Å². The minimum Gasteiger partial charge on any atom is -0.481 e. The van der Waals surface area contributed by atoms with E-state index in [1.165, 1.54) is 25.0 Å². The minimum atomic E-state index is -4.81. The van der Waals surface area contributed by atoms with Crippen molar-refractivity contribution in [3.8, 4) is 5.75 Å². The third kappa shape index (κ3) is 9.96. The Balaban J connectivity index is 1.40. The predicted molar refractivity (Wildman–Crippen MR) is 143 cm³/mol. The molecule has 2 aromatic rings. The Kier molecular flexibility index (Phi) is 10.1. The first-order valence-electron chi connectivity index (χ1n) is 13.7. The van der Waals surface area contributed by atoms with E-state index < -0.39 is 24.3 Å². The van der Waals surface area contributed by atoms with Gasteiger partial charge in [-0.2, -0.15) is 0 Å². The average Bonchev–Trinajstić information content (AvgIpc) is 3.76. The smallest absolute Gasteiger partial charge is 0.481 e. The summed E-state index contributed by atoms with van der Waals surface area (Å²) in [5.74, 6) is -1.11. The van der Waals surface area contributed by atoms with E-state index in [2.05, 4.69) is 15.4 Å². The SMILES string of the molecule is O=C(O)CCNC(=O)c1ccc(CN(C(=O)Nc2ccc(OC(F)(F)F)cc2)C2CCC(OCC3CC3)CC2)cc1. The van der Waals surface area contributed by atoms with Crippen molar-refractivity contribution in [2.45, 2.75) is 70.0 Å². The summed E-state index contributed by atoms with van der Waals surface area (Å²) in [6, 6.07) is 11.2. The van der Waals surface area contributed by atoms with Crippen molar-refractivity contribution < 1.29 is 42.1 Å². The summed E-state index contributed by atoms with van der Waals surface area (Å²) in [4.78, 5) is 38.1. The van der Waals surface area contributed by atoms with Gasteiger partial charge < -0.3 is 30.1 Å². The number of ether oxygens (including phenoxy) is 2. The third-order valence-corrected chi connectivity index (χ3v) is 7.14. The molecule has 2 fully saturated rings. The summed E-state index contributed by atoms with van der Waals surface area (Å²) in [5, 5.41) is 14.1. The highest BCUT2D eigenvalue weighted by molar-refractivity contribution is 5.94. The minimum absolute atomic E-state index is 0.0141. The van der Waals surface area contributed by atoms with E-state index in [9.17, 15) is 27.6 Å². The molecule has 222 valence electrons. The van der Waals surface area contributed by atoms with Crippen LogP contribution in [0, 0.1) is 5.92 Å². The van der Waals surface area contributed by atoms with Crippen LogP contribution >= 0.6 is 0 Å². The molecule has 3 amide bonds. The zero-order valence-corrected chi connectivity index (χ0v) is 22.5. The molecule has 0 radical (unpaired) electrons. The van der Waals surface area contributed by atoms with Crippen molar-refractivity contribution in [3.63, 3.8) is 0 Å². The normalized spacial score (nSPS) is 18.8. The third-order valence-electron chi connectivity index (χ3n) is 7.14. The molecule has 4 rings (SSSR count). The molecule has 2 aliphatic carbocycles. The first kappa shape index (κ1) is 30.2. The van der Waals surface area contributed by atoms with Gasteiger partial charge in [-0.1, -0.05) is 12.1 Å². The highest BCUT2D eigenvalue weighted by atomic mass is 19.4. The number of carboxylic acid groups (broad SMARTS) is 1. The number of nitrogens with one attached hydrogen (secondary N) is 2. The summed E-state index contributed by atoms with van der Waals surface area (Å²) >= 11 is 0. The topological polar surface area (TPSA) is 117 Å². The summed E-state index contributed by atoms with van der Waals surface area (Å²) in [5.41, 5.74) is 1.47. The van der Waals surface area contributed by atoms with Gasteiger partial charge in [-0.15, -0.1) is 13.2 Å². The number of alkyl halides is 3. The number of benzene rings is 2. The fourth-order valence-electron chi connectivity index (χ4n) is 4.73. The van der Waals surface area contributed by atoms with Crippen LogP contribution in [0.15, 0.2) is 48.5 Å². The van der Waals surface area contributed by atoms with Crippen LogP contribution in [-0.4, -0.2) is 59.6 Å². The van der Waals surface area contributed by atoms with Gasteiger partial charge in [-0.05, 0) is 86.4 Å². The lowest BCUT2D eigenvalue weighted by atomic mass is 9.91. The molecule has 0 spiro atoms. The van der Waals surface area contributed by atoms with Gasteiger partial charge in [-0.25, -0.2) is 4.79 Å². The second kappa shape index (κ2) is 13.7. The molecular formula is C29H34F3N3O6. The number of hydrogen-bond donors (Lipinski definition) is 3. The van der Waals surface area contributed by atoms with Gasteiger partial charge in [0.15, 0.2) is 0 Å². The highest BCUT2D eigenvalue weighted by Crippen LogP contribution is 2.32. The van der Waals surface area contributed by atoms with Gasteiger partial charge in [0, 0.05) is 37.0 Å². The maximum Gasteiger partial charge on any atom is 0.573 e. The Morgan fingerprint density at radius 1 is 0.927 bits per heavy atom. The van der Waals surface area contributed by atoms with E-state index in [0.29, 0.717) is 17.2 Å². The molecule has 2 aromatic carbocycles. The van der Waals surface area contributed by atoms with Crippen LogP contribution in [0.4, 0.5) is 23.7 Å². The molecule has 2 aliphatic rings. The molecule has 0 aromatic heterocycles. The van der Waals surface area contributed by atoms with E-state index in [1.807, 2.05) is 0 Å². The number of urea groups is 1. The van der Waals surface area contributed by atoms with E-state index >= 15 is 0 Å². The van der Waals surface area contributed by atoms with Crippen LogP contribution in [0.5, 0.6) is 5.75 Å². The second-order valence-electron chi connectivity index (χ2n) is 10.4. The average molecular weight is 578 g/mol. The van der Waals surface area contributed by atoms with Gasteiger partial charge >= 0.3 is 18.4 Å². The van der Waals surface area contributed by atoms with Crippen LogP contribution in [0.2, 0.25) is 0 Å². The van der Waals surface area contributed by atoms with E-state index in [-0.39, 0.29) is 37.4 Å². The number of aliphatic carboxylic acids is 1. The highest BCUT2D eigenvalue weighted by Gasteiger charge is 2.32. The Bertz CT molecular complexity index is 1180. The molecule has 41 heavy (non-hydrogen) atoms. The van der Waals surface area contributed by atoms with Gasteiger partial charge in [0.1, 0.15) is 5.75 Å². The van der Waals surface area contributed by atoms with Crippen LogP contribution in [-0.2, 0) is 16.1 Å². The molecule has 0 atom stereocenters. The van der Waals surface area contributed by atoms with E-state index in [1.54, 1.807) is 29.2 Å². The first-order valence-corrected chi connectivity index (χ1v) is 13.7. The zero-order chi connectivity index (χ0) is 29.4. The molecule has 2 saturated carbocycles. The molecule has 0 saturated heterocycles. The number of carbonyl (C=O) groups excluding carboxylic acids is 2. The standard InChI is InChI=1S/C29H34F3N3O6/c30-29(31,32)41-25-11-7-22(8-12-25)34-28(39)35(23-9-13-24(14-10-23)40-18-20-1-2-20)17-19-3-5-21(6-4-19)27(38)33-16-15-26(36)37/h3-8,11-12,20,23-24H,1-2,9-10,13-18H2,(H,33,38)(H,34,39)(H,36,37). The van der Waals surface area contributed by atoms with Crippen molar-refractivity contribution in [1.29, 1.82) is 0 Å². The molecule has 0 bridgehead atoms. The molecular weight excluding hydrogens is 543 g/mol. The molecule has 9 nitrogen and oxygen atoms in total. The maximum atomic E-state index is 13.4. The molecule has 3 N–H and O–H groups in total. The van der Waals surface area contributed by atoms with Crippen molar-refractivity contribution in [2.75, 3.05) is 18.5 Å². The van der Waals surface area contributed by atoms with Gasteiger partial charge in [0.2, 0.25) is 0 Å². The fourth-order valence-corrected chi connectivity index (χ4v) is 4.73. The monoisotopic (exact) mass is 577 g/mol. The van der Waals surface area contributed by atoms with Crippen molar-refractivity contribution in [1.82, 2.24) is 10.2 Å². The number of carbonyl (C=O) groups is 3. The summed E-state index contributed by atoms with van der Waals surface area (Å²) in [6.07, 6.45) is 0.732. The van der Waals surface area contributed by atoms with Gasteiger partial charge in [-0.3, -0.25) is 9.59 Å². The maximum absolute atomic E-state index is 13.4. The van der Waals surface area contributed by atoms with Gasteiger partial charge in [0.25, 0.3) is 5.91 Å². The number of carboxylic acids is 1. The summed E-state index contributed by atoms with van der Waals surface area (Å²) in [6.45, 7) is 1.05. The number of halogens is 3. The van der Waals surface area contributed by atoms with Crippen molar-refractivity contribution >= 4 is 23.6 Å². The zero-order valence-electron chi connectivity index (χ0n) is 22.5. The number of nitrogens with zero attached hydrogens (tertiary/aromatic N) is 1. The molecule has 0 aliphatic heterocycles. The Morgan fingerprint density at radius 3 is 2.17 bits per heavy atom. The first-order chi connectivity index (χ1) is 19.6. The summed E-state index contributed by atoms with van der Waals surface area (Å²) in [7, 11) is 0. The number of rotatable bonds is 12. The van der Waals surface area contributed by atoms with Crippen LogP contribution in [0.25, 0.3) is 0 Å². The van der Waals surface area contributed by atoms with Crippen LogP contribution in [0.1, 0.15) is 60.9 Å². The van der Waals surface area contributed by atoms with Crippen molar-refractivity contribution in [2.24, 2.45) is 5.92 Å². The van der Waals surface area contributed by atoms with E-state index in [4.69, 9.17) is 9.84 Å². The number of hydrogen-bond acceptors (Lipinski definition) is 5. The Labute approximate surface area is 236 Å². The lowest BCUT2D eigenvalue weighted by Crippen LogP contribution is -2.45.